The van der Waals surface area contributed by atoms with Crippen molar-refractivity contribution in [1.82, 2.24) is 4.98 Å². The summed E-state index contributed by atoms with van der Waals surface area (Å²) in [5.41, 5.74) is 0.688. The highest BCUT2D eigenvalue weighted by Crippen LogP contribution is 2.63. The van der Waals surface area contributed by atoms with Gasteiger partial charge in [-0.1, -0.05) is 0 Å². The highest BCUT2D eigenvalue weighted by Gasteiger charge is 2.30. The van der Waals surface area contributed by atoms with Gasteiger partial charge in [0.15, 0.2) is 0 Å². The van der Waals surface area contributed by atoms with Crippen molar-refractivity contribution in [1.29, 1.82) is 0 Å². The van der Waals surface area contributed by atoms with E-state index < -0.39 is 10.6 Å². The first-order chi connectivity index (χ1) is 10.0. The molecule has 5 nitrogen and oxygen atoms in total. The molecular formula is C15H15NO4S. The molecule has 0 bridgehead atoms. The molecular weight excluding hydrogens is 290 g/mol. The fraction of sp³-hybridized carbons (Fsp3) is 0.133. The van der Waals surface area contributed by atoms with Crippen molar-refractivity contribution in [3.05, 3.63) is 47.1 Å². The lowest BCUT2D eigenvalue weighted by atomic mass is 10.2. The summed E-state index contributed by atoms with van der Waals surface area (Å²) in [7, 11) is -1.41. The molecule has 1 aliphatic heterocycles. The van der Waals surface area contributed by atoms with Crippen LogP contribution in [-0.2, 0) is 0 Å². The number of ether oxygens (including phenoxy) is 2. The average molecular weight is 305 g/mol. The van der Waals surface area contributed by atoms with Gasteiger partial charge in [-0.25, -0.2) is 0 Å². The molecule has 2 N–H and O–H groups in total. The molecule has 0 unspecified atom stereocenters. The largest absolute Gasteiger partial charge is 0.496 e. The van der Waals surface area contributed by atoms with Crippen LogP contribution in [-0.4, -0.2) is 21.2 Å². The van der Waals surface area contributed by atoms with E-state index in [0.717, 1.165) is 0 Å². The molecule has 0 atom stereocenters. The number of benzene rings is 1. The topological polar surface area (TPSA) is 71.8 Å². The van der Waals surface area contributed by atoms with Crippen molar-refractivity contribution in [3.8, 4) is 17.2 Å². The van der Waals surface area contributed by atoms with Crippen LogP contribution in [0.5, 0.6) is 17.2 Å². The van der Waals surface area contributed by atoms with E-state index in [1.54, 1.807) is 49.7 Å². The Morgan fingerprint density at radius 3 is 2.67 bits per heavy atom. The Morgan fingerprint density at radius 2 is 2.00 bits per heavy atom. The third kappa shape index (κ3) is 2.37. The van der Waals surface area contributed by atoms with Crippen molar-refractivity contribution in [2.45, 2.75) is 11.8 Å². The van der Waals surface area contributed by atoms with E-state index in [0.29, 0.717) is 32.6 Å². The van der Waals surface area contributed by atoms with Gasteiger partial charge >= 0.3 is 0 Å². The fourth-order valence-electron chi connectivity index (χ4n) is 2.18. The third-order valence-corrected chi connectivity index (χ3v) is 5.24. The molecule has 0 amide bonds. The zero-order valence-electron chi connectivity index (χ0n) is 11.6. The van der Waals surface area contributed by atoms with E-state index in [4.69, 9.17) is 9.47 Å². The van der Waals surface area contributed by atoms with Crippen molar-refractivity contribution >= 4 is 16.7 Å². The fourth-order valence-corrected chi connectivity index (χ4v) is 3.56. The minimum Gasteiger partial charge on any atom is -0.496 e. The first-order valence-corrected chi connectivity index (χ1v) is 7.83. The number of aromatic nitrogens is 1. The zero-order valence-corrected chi connectivity index (χ0v) is 12.4. The second-order valence-corrected chi connectivity index (χ2v) is 6.81. The first-order valence-electron chi connectivity index (χ1n) is 6.29. The van der Waals surface area contributed by atoms with E-state index in [1.165, 1.54) is 7.11 Å². The molecule has 0 spiro atoms. The molecule has 3 rings (SSSR count). The Labute approximate surface area is 124 Å². The van der Waals surface area contributed by atoms with Crippen LogP contribution in [0.1, 0.15) is 12.5 Å². The maximum Gasteiger partial charge on any atom is 0.145 e. The average Bonchev–Trinajstić information content (AvgIpc) is 2.70. The van der Waals surface area contributed by atoms with Gasteiger partial charge in [0.2, 0.25) is 0 Å². The highest BCUT2D eigenvalue weighted by molar-refractivity contribution is 8.28. The Hall–Kier alpha value is -2.02. The van der Waals surface area contributed by atoms with Gasteiger partial charge in [0.05, 0.1) is 18.2 Å². The molecule has 1 aromatic heterocycles. The van der Waals surface area contributed by atoms with Crippen molar-refractivity contribution in [2.24, 2.45) is 0 Å². The molecule has 6 heteroatoms. The van der Waals surface area contributed by atoms with Gasteiger partial charge in [-0.2, -0.15) is 0 Å². The number of hydrogen-bond donors (Lipinski definition) is 2. The minimum atomic E-state index is -2.95. The normalized spacial score (nSPS) is 16.9. The highest BCUT2D eigenvalue weighted by atomic mass is 32.3. The van der Waals surface area contributed by atoms with Gasteiger partial charge in [0, 0.05) is 28.8 Å². The van der Waals surface area contributed by atoms with Crippen molar-refractivity contribution < 1.29 is 18.6 Å². The molecule has 2 aromatic rings. The standard InChI is InChI=1S/C15H15NO4S/c1-10-6-13-14(19-2)7-12(8-15(13)21(10,17)18)20-11-4-3-5-16-9-11/h3-9,17-18H,1-2H3. The number of fused-ring (bicyclic) bond motifs is 1. The summed E-state index contributed by atoms with van der Waals surface area (Å²) in [6.45, 7) is 1.69. The summed E-state index contributed by atoms with van der Waals surface area (Å²) in [5, 5.41) is 0. The van der Waals surface area contributed by atoms with E-state index in [-0.39, 0.29) is 0 Å². The Bertz CT molecular complexity index is 713. The lowest BCUT2D eigenvalue weighted by molar-refractivity contribution is 0.405. The number of methoxy groups -OCH3 is 1. The first kappa shape index (κ1) is 13.9. The Morgan fingerprint density at radius 1 is 1.19 bits per heavy atom. The Kier molecular flexibility index (Phi) is 3.36. The number of pyridine rings is 1. The van der Waals surface area contributed by atoms with Crippen LogP contribution >= 0.6 is 10.6 Å². The molecule has 1 aromatic carbocycles. The van der Waals surface area contributed by atoms with Gasteiger partial charge in [0.1, 0.15) is 17.2 Å². The van der Waals surface area contributed by atoms with Crippen molar-refractivity contribution in [2.75, 3.05) is 7.11 Å². The third-order valence-electron chi connectivity index (χ3n) is 3.27. The van der Waals surface area contributed by atoms with Crippen LogP contribution in [0.4, 0.5) is 0 Å². The quantitative estimate of drug-likeness (QED) is 0.881. The lowest BCUT2D eigenvalue weighted by Crippen LogP contribution is -1.98. The lowest BCUT2D eigenvalue weighted by Gasteiger charge is -2.30. The summed E-state index contributed by atoms with van der Waals surface area (Å²) in [4.78, 5) is 4.93. The predicted octanol–water partition coefficient (Wildman–Crippen LogP) is 4.37. The van der Waals surface area contributed by atoms with E-state index >= 15 is 0 Å². The van der Waals surface area contributed by atoms with E-state index in [2.05, 4.69) is 4.98 Å². The number of nitrogens with zero attached hydrogens (tertiary/aromatic N) is 1. The predicted molar refractivity (Wildman–Crippen MR) is 82.1 cm³/mol. The van der Waals surface area contributed by atoms with Gasteiger partial charge in [-0.3, -0.25) is 14.1 Å². The molecule has 2 heterocycles. The maximum atomic E-state index is 10.3. The molecule has 110 valence electrons. The second-order valence-electron chi connectivity index (χ2n) is 4.63. The molecule has 1 aliphatic rings. The number of allylic oxidation sites excluding steroid dienone is 1. The second kappa shape index (κ2) is 5.07. The van der Waals surface area contributed by atoms with Gasteiger partial charge in [-0.05, 0) is 25.1 Å². The summed E-state index contributed by atoms with van der Waals surface area (Å²) in [6, 6.07) is 6.89. The van der Waals surface area contributed by atoms with Gasteiger partial charge < -0.3 is 9.47 Å². The zero-order chi connectivity index (χ0) is 15.0. The minimum absolute atomic E-state index is 0.429. The molecule has 0 aliphatic carbocycles. The van der Waals surface area contributed by atoms with Crippen LogP contribution in [0.15, 0.2) is 46.5 Å². The summed E-state index contributed by atoms with van der Waals surface area (Å²) in [5.74, 6) is 1.59. The van der Waals surface area contributed by atoms with Crippen LogP contribution in [0.2, 0.25) is 0 Å². The molecule has 0 saturated heterocycles. The van der Waals surface area contributed by atoms with E-state index in [9.17, 15) is 9.11 Å². The van der Waals surface area contributed by atoms with Crippen LogP contribution < -0.4 is 9.47 Å². The Balaban J connectivity index is 2.05. The maximum absolute atomic E-state index is 10.3. The summed E-state index contributed by atoms with van der Waals surface area (Å²) in [6.07, 6.45) is 4.97. The smallest absolute Gasteiger partial charge is 0.145 e. The summed E-state index contributed by atoms with van der Waals surface area (Å²) >= 11 is 0. The number of rotatable bonds is 3. The van der Waals surface area contributed by atoms with Gasteiger partial charge in [0.25, 0.3) is 0 Å². The SMILES string of the molecule is COc1cc(Oc2cccnc2)cc2c1C=C(C)S2(O)O. The molecule has 0 fully saturated rings. The molecule has 0 radical (unpaired) electrons. The van der Waals surface area contributed by atoms with Crippen LogP contribution in [0, 0.1) is 0 Å². The van der Waals surface area contributed by atoms with Crippen molar-refractivity contribution in [3.63, 3.8) is 0 Å². The molecule has 21 heavy (non-hydrogen) atoms. The van der Waals surface area contributed by atoms with Crippen LogP contribution in [0.25, 0.3) is 6.08 Å². The van der Waals surface area contributed by atoms with Gasteiger partial charge in [-0.15, -0.1) is 10.6 Å². The molecule has 0 saturated carbocycles. The van der Waals surface area contributed by atoms with Crippen LogP contribution in [0.3, 0.4) is 0 Å². The monoisotopic (exact) mass is 305 g/mol. The summed E-state index contributed by atoms with van der Waals surface area (Å²) < 4.78 is 31.6. The number of hydrogen-bond acceptors (Lipinski definition) is 5. The van der Waals surface area contributed by atoms with E-state index in [1.807, 2.05) is 0 Å².